The van der Waals surface area contributed by atoms with E-state index >= 15 is 0 Å². The molecule has 0 radical (unpaired) electrons. The molecule has 7 aromatic carbocycles. The summed E-state index contributed by atoms with van der Waals surface area (Å²) in [7, 11) is 2.11. The number of para-hydroxylation sites is 4. The first-order valence-electron chi connectivity index (χ1n) is 38.8. The first-order valence-corrected chi connectivity index (χ1v) is 40.4. The lowest BCUT2D eigenvalue weighted by atomic mass is 9.83. The van der Waals surface area contributed by atoms with E-state index in [0.29, 0.717) is 5.78 Å². The van der Waals surface area contributed by atoms with Crippen LogP contribution in [-0.4, -0.2) is 70.2 Å². The second-order valence-corrected chi connectivity index (χ2v) is 33.0. The highest BCUT2D eigenvalue weighted by Gasteiger charge is 2.41. The quantitative estimate of drug-likeness (QED) is 0.123. The molecular weight excluding hydrogens is 1330 g/mol. The number of nitrogens with zero attached hydrogens (tertiary/aromatic N) is 6. The number of allylic oxidation sites excluding steroid dienone is 15. The van der Waals surface area contributed by atoms with Crippen LogP contribution in [0.5, 0.6) is 0 Å². The molecule has 8 heterocycles. The van der Waals surface area contributed by atoms with Gasteiger partial charge < -0.3 is 29.4 Å². The summed E-state index contributed by atoms with van der Waals surface area (Å²) in [6.07, 6.45) is 33.2. The van der Waals surface area contributed by atoms with E-state index in [-0.39, 0.29) is 28.3 Å². The Balaban J connectivity index is 0.000000122. The molecule has 9 nitrogen and oxygen atoms in total. The number of anilines is 6. The van der Waals surface area contributed by atoms with E-state index in [0.717, 1.165) is 90.7 Å². The lowest BCUT2D eigenvalue weighted by Gasteiger charge is -2.37. The van der Waals surface area contributed by atoms with Crippen LogP contribution >= 0.6 is 23.5 Å². The number of Topliss-reactive ketones (excluding diaryl/α,β-unsaturated/α-hetero) is 3. The average Bonchev–Trinajstić information content (AvgIpc) is 1.48. The summed E-state index contributed by atoms with van der Waals surface area (Å²) in [5.74, 6) is 0.829. The molecule has 18 rings (SSSR count). The summed E-state index contributed by atoms with van der Waals surface area (Å²) in [5.41, 5.74) is 27.9. The number of rotatable bonds is 10. The van der Waals surface area contributed by atoms with Gasteiger partial charge in [0.15, 0.2) is 17.3 Å². The number of ketones is 3. The largest absolute Gasteiger partial charge is 0.371 e. The van der Waals surface area contributed by atoms with E-state index in [4.69, 9.17) is 0 Å². The van der Waals surface area contributed by atoms with Gasteiger partial charge >= 0.3 is 0 Å². The van der Waals surface area contributed by atoms with E-state index < -0.39 is 0 Å². The number of likely N-dealkylation sites (N-methyl/N-ethyl adjacent to an activating group) is 2. The van der Waals surface area contributed by atoms with Gasteiger partial charge in [-0.25, -0.2) is 0 Å². The summed E-state index contributed by atoms with van der Waals surface area (Å²) in [5, 5.41) is 2.37. The van der Waals surface area contributed by atoms with Crippen molar-refractivity contribution in [2.24, 2.45) is 5.92 Å². The molecule has 2 saturated carbocycles. The molecule has 7 aromatic rings. The maximum absolute atomic E-state index is 13.9. The van der Waals surface area contributed by atoms with Gasteiger partial charge in [-0.2, -0.15) is 0 Å². The summed E-state index contributed by atoms with van der Waals surface area (Å²) in [6.45, 7) is 23.1. The Kier molecular flexibility index (Phi) is 19.5. The first kappa shape index (κ1) is 70.0. The van der Waals surface area contributed by atoms with Crippen molar-refractivity contribution in [3.63, 3.8) is 0 Å². The van der Waals surface area contributed by atoms with E-state index in [1.54, 1.807) is 23.5 Å². The van der Waals surface area contributed by atoms with E-state index in [1.165, 1.54) is 187 Å². The second-order valence-electron chi connectivity index (χ2n) is 30.9. The van der Waals surface area contributed by atoms with Gasteiger partial charge in [0.1, 0.15) is 0 Å². The molecule has 8 aliphatic heterocycles. The van der Waals surface area contributed by atoms with Crippen molar-refractivity contribution in [1.29, 1.82) is 0 Å². The van der Waals surface area contributed by atoms with Crippen molar-refractivity contribution in [2.45, 2.75) is 153 Å². The normalized spacial score (nSPS) is 23.3. The van der Waals surface area contributed by atoms with Crippen LogP contribution in [0.2, 0.25) is 0 Å². The highest BCUT2D eigenvalue weighted by molar-refractivity contribution is 8.04. The summed E-state index contributed by atoms with van der Waals surface area (Å²) in [4.78, 5) is 57.4. The Labute approximate surface area is 631 Å². The summed E-state index contributed by atoms with van der Waals surface area (Å²) in [6, 6.07) is 51.9. The van der Waals surface area contributed by atoms with Crippen molar-refractivity contribution in [2.75, 3.05) is 82.3 Å². The predicted octanol–water partition coefficient (Wildman–Crippen LogP) is 20.9. The molecule has 0 spiro atoms. The topological polar surface area (TPSA) is 70.7 Å². The van der Waals surface area contributed by atoms with Crippen LogP contribution in [-0.2, 0) is 57.3 Å². The van der Waals surface area contributed by atoms with Gasteiger partial charge in [0.25, 0.3) is 0 Å². The van der Waals surface area contributed by atoms with Crippen LogP contribution in [0.4, 0.5) is 34.1 Å². The van der Waals surface area contributed by atoms with Gasteiger partial charge in [-0.3, -0.25) is 14.4 Å². The van der Waals surface area contributed by atoms with E-state index in [1.807, 2.05) is 36.4 Å². The van der Waals surface area contributed by atoms with Crippen LogP contribution in [0.25, 0.3) is 17.2 Å². The zero-order valence-electron chi connectivity index (χ0n) is 62.5. The Bertz CT molecular complexity index is 4840. The maximum Gasteiger partial charge on any atom is 0.194 e. The molecular formula is C94H98N6O3S2. The van der Waals surface area contributed by atoms with Gasteiger partial charge in [-0.15, -0.1) is 0 Å². The summed E-state index contributed by atoms with van der Waals surface area (Å²) >= 11 is 3.55. The van der Waals surface area contributed by atoms with Gasteiger partial charge in [-0.05, 0) is 257 Å². The van der Waals surface area contributed by atoms with E-state index in [2.05, 4.69) is 249 Å². The fourth-order valence-corrected chi connectivity index (χ4v) is 21.0. The number of thioether (sulfide) groups is 2. The first-order chi connectivity index (χ1) is 51.1. The molecule has 0 aromatic heterocycles. The molecule has 11 heteroatoms. The molecule has 11 aliphatic rings. The molecule has 0 N–H and O–H groups in total. The SMILES string of the molecule is CCN1C(=CC=C2C(=O)C(=CC=C3N(C)c4ccccc4C3(C)C)c3ccccc32)C(C)(C)c2ccccc21.CCN1C(=CC=C2CCC(=CC=C3Sc4ccccc4N3CC)C2=O)Sc2ccccc21.O=C1C(=Cc2cc3c4c(c2)CCCN4CCC3)CCC1Cc1cc2c3c(c1)CCCN3CCC2. The van der Waals surface area contributed by atoms with Gasteiger partial charge in [0.2, 0.25) is 0 Å². The minimum absolute atomic E-state index is 0.0808. The molecule has 534 valence electrons. The lowest BCUT2D eigenvalue weighted by Crippen LogP contribution is -2.34. The predicted molar refractivity (Wildman–Crippen MR) is 441 cm³/mol. The number of hydrogen-bond acceptors (Lipinski definition) is 11. The van der Waals surface area contributed by atoms with Crippen LogP contribution in [0.15, 0.2) is 242 Å². The second kappa shape index (κ2) is 29.2. The molecule has 0 bridgehead atoms. The molecule has 2 fully saturated rings. The highest BCUT2D eigenvalue weighted by atomic mass is 32.2. The zero-order valence-corrected chi connectivity index (χ0v) is 64.1. The molecule has 1 atom stereocenters. The van der Waals surface area contributed by atoms with Gasteiger partial charge in [0.05, 0.1) is 21.4 Å². The third-order valence-corrected chi connectivity index (χ3v) is 26.2. The maximum atomic E-state index is 13.9. The van der Waals surface area contributed by atoms with Gasteiger partial charge in [-0.1, -0.05) is 160 Å². The average molecular weight is 1420 g/mol. The fourth-order valence-electron chi connectivity index (χ4n) is 18.7. The Hall–Kier alpha value is -9.29. The van der Waals surface area contributed by atoms with Crippen LogP contribution in [0.3, 0.4) is 0 Å². The fraction of sp³-hybridized carbons (Fsp3) is 0.330. The van der Waals surface area contributed by atoms with Crippen LogP contribution in [0, 0.1) is 5.92 Å². The van der Waals surface area contributed by atoms with Crippen molar-refractivity contribution in [1.82, 2.24) is 0 Å². The molecule has 3 aliphatic carbocycles. The minimum atomic E-state index is -0.140. The number of hydrogen-bond donors (Lipinski definition) is 0. The molecule has 1 unspecified atom stereocenters. The Morgan fingerprint density at radius 1 is 0.438 bits per heavy atom. The van der Waals surface area contributed by atoms with Crippen molar-refractivity contribution < 1.29 is 14.4 Å². The minimum Gasteiger partial charge on any atom is -0.371 e. The van der Waals surface area contributed by atoms with Gasteiger partial charge in [0, 0.05) is 136 Å². The van der Waals surface area contributed by atoms with E-state index in [9.17, 15) is 14.4 Å². The third-order valence-electron chi connectivity index (χ3n) is 23.9. The molecule has 0 saturated heterocycles. The Morgan fingerprint density at radius 2 is 0.876 bits per heavy atom. The summed E-state index contributed by atoms with van der Waals surface area (Å²) < 4.78 is 0. The van der Waals surface area contributed by atoms with Crippen molar-refractivity contribution >= 4 is 92.2 Å². The molecule has 105 heavy (non-hydrogen) atoms. The number of fused-ring (bicyclic) bond motifs is 5. The van der Waals surface area contributed by atoms with Crippen LogP contribution < -0.4 is 29.4 Å². The van der Waals surface area contributed by atoms with Crippen LogP contribution in [0.1, 0.15) is 155 Å². The zero-order chi connectivity index (χ0) is 72.3. The monoisotopic (exact) mass is 1420 g/mol. The number of carbonyl (C=O) groups is 3. The molecule has 0 amide bonds. The number of carbonyl (C=O) groups excluding carboxylic acids is 3. The Morgan fingerprint density at radius 3 is 1.38 bits per heavy atom. The number of aryl methyl sites for hydroxylation is 4. The van der Waals surface area contributed by atoms with Crippen molar-refractivity contribution in [3.8, 4) is 0 Å². The lowest BCUT2D eigenvalue weighted by molar-refractivity contribution is -0.117. The number of benzene rings is 7. The third kappa shape index (κ3) is 13.1. The smallest absolute Gasteiger partial charge is 0.194 e. The van der Waals surface area contributed by atoms with Crippen molar-refractivity contribution in [3.05, 3.63) is 288 Å². The standard InChI is InChI=1S/C36H36N2O.C31H36N2O.C27H26N2OS2/c1-7-38-31-19-13-11-17-29(31)36(4,5)33(38)23-21-27-25-15-9-8-14-24(25)26(34(27)39)20-22-32-35(2,3)28-16-10-12-18-30(28)37(32)6;34-31-27(19-21-15-23-5-1-11-32-12-2-6-24(16-21)29(23)32)9-10-28(31)20-22-17-25-7-3-13-33-14-4-8-26(18-22)30(25)33;1-3-28-21-9-5-7-11-23(21)31-25(28)17-15-19-13-14-20(27(19)30)16-18-26-29(4-2)22-10-6-8-12-24(22)32-26/h8-23H,7H2,1-6H3;15-19,28H,1-14,20H2;5-12,15-18H,3-4,13-14H2,1-2H3. The highest BCUT2D eigenvalue weighted by Crippen LogP contribution is 2.52.